The molecular formula is C14H21ClFNO2. The molecule has 0 bridgehead atoms. The number of halogens is 2. The predicted octanol–water partition coefficient (Wildman–Crippen LogP) is 3.01. The Morgan fingerprint density at radius 2 is 2.00 bits per heavy atom. The minimum absolute atomic E-state index is 0.296. The summed E-state index contributed by atoms with van der Waals surface area (Å²) < 4.78 is 23.3. The van der Waals surface area contributed by atoms with E-state index in [0.717, 1.165) is 31.6 Å². The lowest BCUT2D eigenvalue weighted by Crippen LogP contribution is -2.15. The largest absolute Gasteiger partial charge is 0.382 e. The third kappa shape index (κ3) is 8.16. The maximum Gasteiger partial charge on any atom is 0.125 e. The van der Waals surface area contributed by atoms with Gasteiger partial charge in [0.05, 0.1) is 13.2 Å². The number of nitrogens with one attached hydrogen (secondary N) is 1. The zero-order valence-electron chi connectivity index (χ0n) is 11.3. The maximum atomic E-state index is 13.1. The lowest BCUT2D eigenvalue weighted by Gasteiger charge is -2.06. The molecule has 0 fully saturated rings. The van der Waals surface area contributed by atoms with Gasteiger partial charge in [0.15, 0.2) is 0 Å². The summed E-state index contributed by atoms with van der Waals surface area (Å²) in [5, 5.41) is 3.69. The molecule has 19 heavy (non-hydrogen) atoms. The highest BCUT2D eigenvalue weighted by Gasteiger charge is 1.99. The summed E-state index contributed by atoms with van der Waals surface area (Å²) in [5.41, 5.74) is 0.862. The summed E-state index contributed by atoms with van der Waals surface area (Å²) in [6, 6.07) is 4.57. The van der Waals surface area contributed by atoms with Crippen LogP contribution in [0.25, 0.3) is 0 Å². The maximum absolute atomic E-state index is 13.1. The van der Waals surface area contributed by atoms with Crippen LogP contribution in [-0.2, 0) is 16.0 Å². The second kappa shape index (κ2) is 10.1. The summed E-state index contributed by atoms with van der Waals surface area (Å²) in [6.45, 7) is 3.53. The predicted molar refractivity (Wildman–Crippen MR) is 75.0 cm³/mol. The molecule has 108 valence electrons. The highest BCUT2D eigenvalue weighted by atomic mass is 35.5. The fourth-order valence-electron chi connectivity index (χ4n) is 1.64. The van der Waals surface area contributed by atoms with E-state index in [1.165, 1.54) is 12.1 Å². The van der Waals surface area contributed by atoms with Gasteiger partial charge < -0.3 is 14.8 Å². The molecule has 0 aliphatic rings. The first-order valence-electron chi connectivity index (χ1n) is 6.44. The van der Waals surface area contributed by atoms with E-state index >= 15 is 0 Å². The van der Waals surface area contributed by atoms with Crippen molar-refractivity contribution >= 4 is 11.6 Å². The Morgan fingerprint density at radius 1 is 1.16 bits per heavy atom. The summed E-state index contributed by atoms with van der Waals surface area (Å²) in [5.74, 6) is -0.296. The molecule has 3 nitrogen and oxygen atoms in total. The molecule has 1 aromatic carbocycles. The Labute approximate surface area is 119 Å². The van der Waals surface area contributed by atoms with Gasteiger partial charge >= 0.3 is 0 Å². The van der Waals surface area contributed by atoms with Crippen molar-refractivity contribution in [3.8, 4) is 0 Å². The van der Waals surface area contributed by atoms with Crippen molar-refractivity contribution in [2.45, 2.75) is 19.4 Å². The molecule has 5 heteroatoms. The van der Waals surface area contributed by atoms with Gasteiger partial charge in [-0.05, 0) is 43.1 Å². The van der Waals surface area contributed by atoms with Crippen molar-refractivity contribution in [3.05, 3.63) is 34.6 Å². The van der Waals surface area contributed by atoms with Crippen LogP contribution in [0.4, 0.5) is 4.39 Å². The standard InChI is InChI=1S/C14H21ClFNO2/c1-18-6-7-19-5-3-2-4-17-11-12-8-13(15)10-14(16)9-12/h8-10,17H,2-7,11H2,1H3. The number of ether oxygens (including phenoxy) is 2. The summed E-state index contributed by atoms with van der Waals surface area (Å²) >= 11 is 5.78. The quantitative estimate of drug-likeness (QED) is 0.672. The molecular weight excluding hydrogens is 269 g/mol. The number of rotatable bonds is 10. The molecule has 0 saturated heterocycles. The summed E-state index contributed by atoms with van der Waals surface area (Å²) in [7, 11) is 1.66. The second-order valence-corrected chi connectivity index (χ2v) is 4.70. The van der Waals surface area contributed by atoms with E-state index < -0.39 is 0 Å². The van der Waals surface area contributed by atoms with Gasteiger partial charge in [-0.3, -0.25) is 0 Å². The first-order valence-corrected chi connectivity index (χ1v) is 6.82. The average molecular weight is 290 g/mol. The molecule has 0 radical (unpaired) electrons. The van der Waals surface area contributed by atoms with Gasteiger partial charge in [-0.15, -0.1) is 0 Å². The minimum atomic E-state index is -0.296. The van der Waals surface area contributed by atoms with Gasteiger partial charge in [0.2, 0.25) is 0 Å². The molecule has 0 saturated carbocycles. The summed E-state index contributed by atoms with van der Waals surface area (Å²) in [4.78, 5) is 0. The topological polar surface area (TPSA) is 30.5 Å². The fourth-order valence-corrected chi connectivity index (χ4v) is 1.89. The lowest BCUT2D eigenvalue weighted by atomic mass is 10.2. The number of methoxy groups -OCH3 is 1. The van der Waals surface area contributed by atoms with Crippen molar-refractivity contribution in [2.75, 3.05) is 33.5 Å². The molecule has 0 unspecified atom stereocenters. The van der Waals surface area contributed by atoms with Crippen molar-refractivity contribution in [2.24, 2.45) is 0 Å². The lowest BCUT2D eigenvalue weighted by molar-refractivity contribution is 0.0688. The normalized spacial score (nSPS) is 10.9. The van der Waals surface area contributed by atoms with E-state index in [-0.39, 0.29) is 5.82 Å². The van der Waals surface area contributed by atoms with E-state index in [4.69, 9.17) is 21.1 Å². The van der Waals surface area contributed by atoms with E-state index in [9.17, 15) is 4.39 Å². The van der Waals surface area contributed by atoms with E-state index in [1.807, 2.05) is 0 Å². The molecule has 0 spiro atoms. The average Bonchev–Trinajstić information content (AvgIpc) is 2.36. The monoisotopic (exact) mass is 289 g/mol. The van der Waals surface area contributed by atoms with Crippen molar-refractivity contribution in [3.63, 3.8) is 0 Å². The minimum Gasteiger partial charge on any atom is -0.382 e. The molecule has 0 heterocycles. The Hall–Kier alpha value is -0.680. The van der Waals surface area contributed by atoms with Crippen LogP contribution in [0.3, 0.4) is 0 Å². The van der Waals surface area contributed by atoms with Crippen LogP contribution in [0.2, 0.25) is 5.02 Å². The van der Waals surface area contributed by atoms with Crippen LogP contribution in [-0.4, -0.2) is 33.5 Å². The van der Waals surface area contributed by atoms with E-state index in [0.29, 0.717) is 24.8 Å². The molecule has 0 aliphatic carbocycles. The molecule has 0 aliphatic heterocycles. The molecule has 1 aromatic rings. The fraction of sp³-hybridized carbons (Fsp3) is 0.571. The molecule has 0 amide bonds. The first-order chi connectivity index (χ1) is 9.22. The van der Waals surface area contributed by atoms with Crippen molar-refractivity contribution in [1.82, 2.24) is 5.32 Å². The van der Waals surface area contributed by atoms with Crippen LogP contribution in [0.15, 0.2) is 18.2 Å². The van der Waals surface area contributed by atoms with Gasteiger partial charge in [0.1, 0.15) is 5.82 Å². The van der Waals surface area contributed by atoms with Gasteiger partial charge in [-0.1, -0.05) is 11.6 Å². The van der Waals surface area contributed by atoms with Crippen LogP contribution < -0.4 is 5.32 Å². The van der Waals surface area contributed by atoms with Gasteiger partial charge in [-0.2, -0.15) is 0 Å². The first kappa shape index (κ1) is 16.4. The SMILES string of the molecule is COCCOCCCCNCc1cc(F)cc(Cl)c1. The molecule has 1 rings (SSSR count). The van der Waals surface area contributed by atoms with Crippen LogP contribution in [0.5, 0.6) is 0 Å². The van der Waals surface area contributed by atoms with Gasteiger partial charge in [-0.25, -0.2) is 4.39 Å². The van der Waals surface area contributed by atoms with Crippen molar-refractivity contribution in [1.29, 1.82) is 0 Å². The van der Waals surface area contributed by atoms with Crippen LogP contribution in [0, 0.1) is 5.82 Å². The third-order valence-electron chi connectivity index (χ3n) is 2.58. The Balaban J connectivity index is 2.01. The molecule has 0 aromatic heterocycles. The Bertz CT molecular complexity index is 343. The second-order valence-electron chi connectivity index (χ2n) is 4.27. The number of hydrogen-bond acceptors (Lipinski definition) is 3. The van der Waals surface area contributed by atoms with Crippen LogP contribution >= 0.6 is 11.6 Å². The van der Waals surface area contributed by atoms with Gasteiger partial charge in [0.25, 0.3) is 0 Å². The van der Waals surface area contributed by atoms with Gasteiger partial charge in [0, 0.05) is 25.3 Å². The zero-order valence-corrected chi connectivity index (χ0v) is 12.0. The van der Waals surface area contributed by atoms with E-state index in [1.54, 1.807) is 13.2 Å². The number of unbranched alkanes of at least 4 members (excludes halogenated alkanes) is 1. The number of benzene rings is 1. The Kier molecular flexibility index (Phi) is 8.75. The molecule has 1 N–H and O–H groups in total. The smallest absolute Gasteiger partial charge is 0.125 e. The summed E-state index contributed by atoms with van der Waals surface area (Å²) in [6.07, 6.45) is 2.02. The highest BCUT2D eigenvalue weighted by molar-refractivity contribution is 6.30. The van der Waals surface area contributed by atoms with Crippen molar-refractivity contribution < 1.29 is 13.9 Å². The third-order valence-corrected chi connectivity index (χ3v) is 2.79. The Morgan fingerprint density at radius 3 is 2.74 bits per heavy atom. The zero-order chi connectivity index (χ0) is 13.9. The number of hydrogen-bond donors (Lipinski definition) is 1. The van der Waals surface area contributed by atoms with E-state index in [2.05, 4.69) is 5.32 Å². The van der Waals surface area contributed by atoms with Crippen LogP contribution in [0.1, 0.15) is 18.4 Å². The molecule has 0 atom stereocenters. The highest BCUT2D eigenvalue weighted by Crippen LogP contribution is 2.13.